The Kier molecular flexibility index (Phi) is 5.50. The molecule has 1 saturated carbocycles. The number of rotatable bonds is 3. The second kappa shape index (κ2) is 6.91. The van der Waals surface area contributed by atoms with Crippen molar-refractivity contribution >= 4 is 0 Å². The maximum atomic E-state index is 6.01. The second-order valence-corrected chi connectivity index (χ2v) is 6.72. The van der Waals surface area contributed by atoms with Gasteiger partial charge in [-0.3, -0.25) is 0 Å². The van der Waals surface area contributed by atoms with E-state index in [1.54, 1.807) is 0 Å². The molecule has 2 N–H and O–H groups in total. The molecule has 0 spiro atoms. The van der Waals surface area contributed by atoms with E-state index in [1.807, 2.05) is 0 Å². The van der Waals surface area contributed by atoms with Crippen molar-refractivity contribution in [3.8, 4) is 0 Å². The van der Waals surface area contributed by atoms with Gasteiger partial charge in [0.15, 0.2) is 0 Å². The molecule has 2 aliphatic rings. The van der Waals surface area contributed by atoms with Crippen molar-refractivity contribution < 1.29 is 0 Å². The maximum absolute atomic E-state index is 6.01. The highest BCUT2D eigenvalue weighted by Gasteiger charge is 2.32. The lowest BCUT2D eigenvalue weighted by Crippen LogP contribution is -2.47. The van der Waals surface area contributed by atoms with Crippen molar-refractivity contribution in [1.82, 2.24) is 4.90 Å². The average molecular weight is 252 g/mol. The molecule has 0 aromatic carbocycles. The lowest BCUT2D eigenvalue weighted by molar-refractivity contribution is 0.0879. The second-order valence-electron chi connectivity index (χ2n) is 6.72. The van der Waals surface area contributed by atoms with Gasteiger partial charge in [-0.25, -0.2) is 0 Å². The van der Waals surface area contributed by atoms with Crippen LogP contribution in [0.4, 0.5) is 0 Å². The van der Waals surface area contributed by atoms with Gasteiger partial charge in [0.05, 0.1) is 0 Å². The van der Waals surface area contributed by atoms with Crippen LogP contribution in [0.3, 0.4) is 0 Å². The van der Waals surface area contributed by atoms with Crippen LogP contribution in [-0.4, -0.2) is 30.6 Å². The summed E-state index contributed by atoms with van der Waals surface area (Å²) in [4.78, 5) is 2.79. The zero-order valence-corrected chi connectivity index (χ0v) is 12.4. The Labute approximate surface area is 113 Å². The van der Waals surface area contributed by atoms with Gasteiger partial charge in [0, 0.05) is 6.04 Å². The smallest absolute Gasteiger partial charge is 0.0138 e. The third-order valence-electron chi connectivity index (χ3n) is 5.45. The molecule has 4 atom stereocenters. The zero-order chi connectivity index (χ0) is 13.0. The molecule has 2 rings (SSSR count). The Morgan fingerprint density at radius 2 is 1.94 bits per heavy atom. The minimum Gasteiger partial charge on any atom is -0.330 e. The molecule has 4 unspecified atom stereocenters. The van der Waals surface area contributed by atoms with E-state index in [4.69, 9.17) is 5.73 Å². The summed E-state index contributed by atoms with van der Waals surface area (Å²) in [5.41, 5.74) is 6.01. The fourth-order valence-corrected chi connectivity index (χ4v) is 4.06. The summed E-state index contributed by atoms with van der Waals surface area (Å²) in [7, 11) is 0. The highest BCUT2D eigenvalue weighted by Crippen LogP contribution is 2.33. The van der Waals surface area contributed by atoms with E-state index in [-0.39, 0.29) is 0 Å². The molecule has 2 nitrogen and oxygen atoms in total. The number of hydrogen-bond donors (Lipinski definition) is 1. The Hall–Kier alpha value is -0.0800. The van der Waals surface area contributed by atoms with Crippen LogP contribution in [0.1, 0.15) is 58.8 Å². The molecule has 0 radical (unpaired) electrons. The van der Waals surface area contributed by atoms with Crippen molar-refractivity contribution in [3.05, 3.63) is 0 Å². The normalized spacial score (nSPS) is 39.5. The van der Waals surface area contributed by atoms with Crippen LogP contribution in [0.25, 0.3) is 0 Å². The van der Waals surface area contributed by atoms with E-state index in [9.17, 15) is 0 Å². The van der Waals surface area contributed by atoms with Crippen LogP contribution >= 0.6 is 0 Å². The Morgan fingerprint density at radius 1 is 1.11 bits per heavy atom. The number of hydrogen-bond acceptors (Lipinski definition) is 2. The first-order valence-electron chi connectivity index (χ1n) is 8.18. The quantitative estimate of drug-likeness (QED) is 0.835. The van der Waals surface area contributed by atoms with Gasteiger partial charge in [-0.1, -0.05) is 26.7 Å². The lowest BCUT2D eigenvalue weighted by atomic mass is 9.78. The predicted octanol–water partition coefficient (Wildman–Crippen LogP) is 3.26. The minimum absolute atomic E-state index is 0.763. The standard InChI is InChI=1S/C16H32N2/c1-3-14-5-4-9-18(10-8-14)16-11-13(2)6-7-15(16)12-17/h13-16H,3-12,17H2,1-2H3. The van der Waals surface area contributed by atoms with Gasteiger partial charge in [0.2, 0.25) is 0 Å². The van der Waals surface area contributed by atoms with Crippen LogP contribution < -0.4 is 5.73 Å². The van der Waals surface area contributed by atoms with Gasteiger partial charge in [0.25, 0.3) is 0 Å². The van der Waals surface area contributed by atoms with Crippen molar-refractivity contribution in [3.63, 3.8) is 0 Å². The molecule has 1 heterocycles. The molecule has 1 saturated heterocycles. The largest absolute Gasteiger partial charge is 0.330 e. The molecule has 2 heteroatoms. The monoisotopic (exact) mass is 252 g/mol. The van der Waals surface area contributed by atoms with E-state index in [0.717, 1.165) is 30.3 Å². The SMILES string of the molecule is CCC1CCCN(C2CC(C)CCC2CN)CC1. The number of nitrogens with zero attached hydrogens (tertiary/aromatic N) is 1. The van der Waals surface area contributed by atoms with E-state index in [2.05, 4.69) is 18.7 Å². The third-order valence-corrected chi connectivity index (χ3v) is 5.45. The van der Waals surface area contributed by atoms with E-state index in [1.165, 1.54) is 58.0 Å². The van der Waals surface area contributed by atoms with Crippen LogP contribution in [-0.2, 0) is 0 Å². The molecule has 0 amide bonds. The fraction of sp³-hybridized carbons (Fsp3) is 1.00. The molecule has 2 fully saturated rings. The predicted molar refractivity (Wildman–Crippen MR) is 78.6 cm³/mol. The Bertz CT molecular complexity index is 241. The highest BCUT2D eigenvalue weighted by molar-refractivity contribution is 4.87. The first-order chi connectivity index (χ1) is 8.74. The van der Waals surface area contributed by atoms with Crippen molar-refractivity contribution in [2.24, 2.45) is 23.5 Å². The molecular formula is C16H32N2. The molecule has 106 valence electrons. The summed E-state index contributed by atoms with van der Waals surface area (Å²) in [6.45, 7) is 8.32. The van der Waals surface area contributed by atoms with Gasteiger partial charge in [-0.15, -0.1) is 0 Å². The van der Waals surface area contributed by atoms with E-state index >= 15 is 0 Å². The molecule has 0 bridgehead atoms. The van der Waals surface area contributed by atoms with Gasteiger partial charge in [0.1, 0.15) is 0 Å². The van der Waals surface area contributed by atoms with E-state index in [0.29, 0.717) is 0 Å². The summed E-state index contributed by atoms with van der Waals surface area (Å²) in [6.07, 6.45) is 9.77. The van der Waals surface area contributed by atoms with Gasteiger partial charge < -0.3 is 10.6 Å². The fourth-order valence-electron chi connectivity index (χ4n) is 4.06. The van der Waals surface area contributed by atoms with Crippen molar-refractivity contribution in [2.45, 2.75) is 64.8 Å². The average Bonchev–Trinajstić information content (AvgIpc) is 2.63. The molecule has 0 aromatic rings. The summed E-state index contributed by atoms with van der Waals surface area (Å²) in [6, 6.07) is 0.786. The summed E-state index contributed by atoms with van der Waals surface area (Å²) in [5.74, 6) is 2.65. The summed E-state index contributed by atoms with van der Waals surface area (Å²) in [5, 5.41) is 0. The minimum atomic E-state index is 0.763. The summed E-state index contributed by atoms with van der Waals surface area (Å²) >= 11 is 0. The molecule has 1 aliphatic heterocycles. The topological polar surface area (TPSA) is 29.3 Å². The molecule has 18 heavy (non-hydrogen) atoms. The Morgan fingerprint density at radius 3 is 2.67 bits per heavy atom. The third kappa shape index (κ3) is 3.48. The first-order valence-corrected chi connectivity index (χ1v) is 8.18. The van der Waals surface area contributed by atoms with Gasteiger partial charge in [-0.2, -0.15) is 0 Å². The van der Waals surface area contributed by atoms with Crippen LogP contribution in [0.15, 0.2) is 0 Å². The van der Waals surface area contributed by atoms with Crippen LogP contribution in [0.5, 0.6) is 0 Å². The van der Waals surface area contributed by atoms with Gasteiger partial charge in [-0.05, 0) is 69.5 Å². The maximum Gasteiger partial charge on any atom is 0.0138 e. The van der Waals surface area contributed by atoms with Crippen molar-refractivity contribution in [2.75, 3.05) is 19.6 Å². The summed E-state index contributed by atoms with van der Waals surface area (Å²) < 4.78 is 0. The highest BCUT2D eigenvalue weighted by atomic mass is 15.2. The Balaban J connectivity index is 1.95. The number of likely N-dealkylation sites (tertiary alicyclic amines) is 1. The molecular weight excluding hydrogens is 220 g/mol. The molecule has 0 aromatic heterocycles. The van der Waals surface area contributed by atoms with Crippen LogP contribution in [0, 0.1) is 17.8 Å². The van der Waals surface area contributed by atoms with Crippen LogP contribution in [0.2, 0.25) is 0 Å². The first kappa shape index (κ1) is 14.3. The number of nitrogens with two attached hydrogens (primary N) is 1. The molecule has 1 aliphatic carbocycles. The van der Waals surface area contributed by atoms with E-state index < -0.39 is 0 Å². The van der Waals surface area contributed by atoms with Crippen molar-refractivity contribution in [1.29, 1.82) is 0 Å². The lowest BCUT2D eigenvalue weighted by Gasteiger charge is -2.41. The zero-order valence-electron chi connectivity index (χ0n) is 12.4. The van der Waals surface area contributed by atoms with Gasteiger partial charge >= 0.3 is 0 Å².